The summed E-state index contributed by atoms with van der Waals surface area (Å²) in [5, 5.41) is 0. The van der Waals surface area contributed by atoms with Crippen LogP contribution in [0.2, 0.25) is 0 Å². The van der Waals surface area contributed by atoms with Crippen molar-refractivity contribution in [2.45, 2.75) is 68.6 Å². The van der Waals surface area contributed by atoms with Crippen molar-refractivity contribution in [3.8, 4) is 0 Å². The Balaban J connectivity index is 3.43. The van der Waals surface area contributed by atoms with Gasteiger partial charge in [0.15, 0.2) is 0 Å². The molecule has 0 saturated carbocycles. The number of alkyl halides is 13. The standard InChI is InChI=1S/C16H16F13NO3/c1-10(2,3)33-9(32)30-5-4-8(31)7(6-30)11(17,18)12(19,20)13(21,22)14(23,24)15(25,26)16(27,28)29/h7H,4-6H2,1-3H3. The van der Waals surface area contributed by atoms with Gasteiger partial charge in [0.1, 0.15) is 17.3 Å². The van der Waals surface area contributed by atoms with Crippen molar-refractivity contribution in [2.24, 2.45) is 5.92 Å². The Morgan fingerprint density at radius 3 is 1.61 bits per heavy atom. The Bertz CT molecular complexity index is 771. The van der Waals surface area contributed by atoms with Gasteiger partial charge in [0.05, 0.1) is 0 Å². The Hall–Kier alpha value is -1.97. The van der Waals surface area contributed by atoms with E-state index in [9.17, 15) is 66.7 Å². The lowest BCUT2D eigenvalue weighted by atomic mass is 9.82. The van der Waals surface area contributed by atoms with Crippen molar-refractivity contribution < 1.29 is 71.4 Å². The molecule has 0 aliphatic carbocycles. The number of hydrogen-bond acceptors (Lipinski definition) is 3. The van der Waals surface area contributed by atoms with Crippen LogP contribution in [0, 0.1) is 5.92 Å². The maximum absolute atomic E-state index is 14.3. The van der Waals surface area contributed by atoms with E-state index in [0.717, 1.165) is 0 Å². The summed E-state index contributed by atoms with van der Waals surface area (Å²) in [6.07, 6.45) is -10.2. The molecule has 0 aromatic rings. The lowest BCUT2D eigenvalue weighted by molar-refractivity contribution is -0.442. The molecule has 4 nitrogen and oxygen atoms in total. The van der Waals surface area contributed by atoms with E-state index in [-0.39, 0.29) is 4.90 Å². The number of carbonyl (C=O) groups excluding carboxylic acids is 2. The zero-order valence-corrected chi connectivity index (χ0v) is 16.8. The smallest absolute Gasteiger partial charge is 0.444 e. The molecule has 0 spiro atoms. The van der Waals surface area contributed by atoms with Gasteiger partial charge in [-0.15, -0.1) is 0 Å². The quantitative estimate of drug-likeness (QED) is 0.450. The molecule has 1 atom stereocenters. The van der Waals surface area contributed by atoms with Gasteiger partial charge in [0.2, 0.25) is 0 Å². The van der Waals surface area contributed by atoms with Crippen molar-refractivity contribution in [1.29, 1.82) is 0 Å². The Labute approximate surface area is 177 Å². The lowest BCUT2D eigenvalue weighted by Gasteiger charge is -2.43. The van der Waals surface area contributed by atoms with Crippen LogP contribution in [0.25, 0.3) is 0 Å². The Morgan fingerprint density at radius 1 is 0.788 bits per heavy atom. The fraction of sp³-hybridized carbons (Fsp3) is 0.875. The van der Waals surface area contributed by atoms with Gasteiger partial charge in [-0.1, -0.05) is 0 Å². The predicted octanol–water partition coefficient (Wildman–Crippen LogP) is 5.55. The molecular weight excluding hydrogens is 501 g/mol. The molecule has 0 aromatic carbocycles. The molecule has 0 radical (unpaired) electrons. The van der Waals surface area contributed by atoms with Gasteiger partial charge in [0, 0.05) is 19.5 Å². The minimum Gasteiger partial charge on any atom is -0.444 e. The van der Waals surface area contributed by atoms with E-state index in [0.29, 0.717) is 0 Å². The highest BCUT2D eigenvalue weighted by Gasteiger charge is 2.91. The highest BCUT2D eigenvalue weighted by Crippen LogP contribution is 2.61. The average Bonchev–Trinajstić information content (AvgIpc) is 2.58. The first-order chi connectivity index (χ1) is 14.3. The van der Waals surface area contributed by atoms with Crippen molar-refractivity contribution in [1.82, 2.24) is 4.90 Å². The minimum absolute atomic E-state index is 0.169. The number of Topliss-reactive ketones (excluding diaryl/α,β-unsaturated/α-hetero) is 1. The molecule has 1 aliphatic rings. The van der Waals surface area contributed by atoms with Crippen LogP contribution in [0.4, 0.5) is 61.9 Å². The van der Waals surface area contributed by atoms with Crippen LogP contribution < -0.4 is 0 Å². The second-order valence-electron chi connectivity index (χ2n) is 8.11. The summed E-state index contributed by atoms with van der Waals surface area (Å²) in [6.45, 7) is 1.26. The zero-order chi connectivity index (χ0) is 26.6. The molecular formula is C16H16F13NO3. The van der Waals surface area contributed by atoms with Crippen LogP contribution in [0.1, 0.15) is 27.2 Å². The fourth-order valence-corrected chi connectivity index (χ4v) is 2.64. The van der Waals surface area contributed by atoms with Crippen molar-refractivity contribution in [2.75, 3.05) is 13.1 Å². The number of likely N-dealkylation sites (tertiary alicyclic amines) is 1. The molecule has 1 fully saturated rings. The first kappa shape index (κ1) is 29.1. The second kappa shape index (κ2) is 8.06. The van der Waals surface area contributed by atoms with E-state index >= 15 is 0 Å². The highest BCUT2D eigenvalue weighted by molar-refractivity contribution is 5.85. The number of carbonyl (C=O) groups is 2. The molecule has 0 bridgehead atoms. The zero-order valence-electron chi connectivity index (χ0n) is 16.8. The molecule has 17 heteroatoms. The molecule has 1 saturated heterocycles. The number of nitrogens with zero attached hydrogens (tertiary/aromatic N) is 1. The summed E-state index contributed by atoms with van der Waals surface area (Å²) < 4.78 is 178. The third-order valence-electron chi connectivity index (χ3n) is 4.47. The number of hydrogen-bond donors (Lipinski definition) is 0. The van der Waals surface area contributed by atoms with E-state index in [1.165, 1.54) is 20.8 Å². The summed E-state index contributed by atoms with van der Waals surface area (Å²) in [5.41, 5.74) is -1.29. The molecule has 0 aromatic heterocycles. The van der Waals surface area contributed by atoms with Crippen LogP contribution >= 0.6 is 0 Å². The largest absolute Gasteiger partial charge is 0.460 e. The van der Waals surface area contributed by atoms with E-state index in [1.54, 1.807) is 0 Å². The first-order valence-electron chi connectivity index (χ1n) is 8.72. The third-order valence-corrected chi connectivity index (χ3v) is 4.47. The lowest BCUT2D eigenvalue weighted by Crippen LogP contribution is -2.72. The molecule has 1 aliphatic heterocycles. The first-order valence-corrected chi connectivity index (χ1v) is 8.72. The molecule has 1 heterocycles. The molecule has 1 unspecified atom stereocenters. The maximum Gasteiger partial charge on any atom is 0.460 e. The molecule has 194 valence electrons. The third kappa shape index (κ3) is 4.68. The van der Waals surface area contributed by atoms with Gasteiger partial charge >= 0.3 is 41.9 Å². The van der Waals surface area contributed by atoms with E-state index in [1.807, 2.05) is 0 Å². The molecule has 33 heavy (non-hydrogen) atoms. The monoisotopic (exact) mass is 517 g/mol. The molecule has 1 amide bonds. The van der Waals surface area contributed by atoms with Gasteiger partial charge in [-0.2, -0.15) is 57.1 Å². The number of ketones is 1. The van der Waals surface area contributed by atoms with Crippen LogP contribution in [0.5, 0.6) is 0 Å². The Morgan fingerprint density at radius 2 is 1.21 bits per heavy atom. The van der Waals surface area contributed by atoms with Crippen LogP contribution in [-0.4, -0.2) is 71.3 Å². The van der Waals surface area contributed by atoms with Crippen molar-refractivity contribution in [3.63, 3.8) is 0 Å². The summed E-state index contributed by atoms with van der Waals surface area (Å²) in [7, 11) is 0. The summed E-state index contributed by atoms with van der Waals surface area (Å²) in [5.74, 6) is -43.7. The molecule has 1 rings (SSSR count). The Kier molecular flexibility index (Phi) is 7.10. The molecule has 0 N–H and O–H groups in total. The maximum atomic E-state index is 14.3. The fourth-order valence-electron chi connectivity index (χ4n) is 2.64. The van der Waals surface area contributed by atoms with Gasteiger partial charge in [-0.05, 0) is 20.8 Å². The van der Waals surface area contributed by atoms with Crippen LogP contribution in [-0.2, 0) is 9.53 Å². The van der Waals surface area contributed by atoms with Gasteiger partial charge in [0.25, 0.3) is 0 Å². The average molecular weight is 517 g/mol. The number of piperidine rings is 1. The summed E-state index contributed by atoms with van der Waals surface area (Å²) in [6, 6.07) is 0. The van der Waals surface area contributed by atoms with Crippen molar-refractivity contribution in [3.05, 3.63) is 0 Å². The number of ether oxygens (including phenoxy) is 1. The van der Waals surface area contributed by atoms with E-state index in [2.05, 4.69) is 0 Å². The minimum atomic E-state index is -8.06. The normalized spacial score (nSPS) is 20.2. The summed E-state index contributed by atoms with van der Waals surface area (Å²) in [4.78, 5) is 23.8. The van der Waals surface area contributed by atoms with Crippen molar-refractivity contribution >= 4 is 11.9 Å². The topological polar surface area (TPSA) is 46.6 Å². The SMILES string of the molecule is CC(C)(C)OC(=O)N1CCC(=O)C(C(F)(F)C(F)(F)C(F)(F)C(F)(F)C(F)(F)C(F)(F)F)C1. The predicted molar refractivity (Wildman–Crippen MR) is 81.7 cm³/mol. The summed E-state index contributed by atoms with van der Waals surface area (Å²) >= 11 is 0. The van der Waals surface area contributed by atoms with Gasteiger partial charge in [-0.25, -0.2) is 4.79 Å². The van der Waals surface area contributed by atoms with E-state index in [4.69, 9.17) is 4.74 Å². The number of amides is 1. The highest BCUT2D eigenvalue weighted by atomic mass is 19.4. The number of rotatable bonds is 5. The van der Waals surface area contributed by atoms with Gasteiger partial charge in [-0.3, -0.25) is 4.79 Å². The number of halogens is 13. The van der Waals surface area contributed by atoms with Gasteiger partial charge < -0.3 is 9.64 Å². The second-order valence-corrected chi connectivity index (χ2v) is 8.11. The van der Waals surface area contributed by atoms with Crippen LogP contribution in [0.3, 0.4) is 0 Å². The van der Waals surface area contributed by atoms with E-state index < -0.39 is 78.7 Å². The van der Waals surface area contributed by atoms with Crippen LogP contribution in [0.15, 0.2) is 0 Å².